The zero-order valence-electron chi connectivity index (χ0n) is 9.19. The van der Waals surface area contributed by atoms with Crippen molar-refractivity contribution in [3.63, 3.8) is 0 Å². The SMILES string of the molecule is Cc1[nH+]cc(CCl)c2c1OC(C)(C)OC2. The summed E-state index contributed by atoms with van der Waals surface area (Å²) in [7, 11) is 0. The number of nitrogens with one attached hydrogen (secondary N) is 1. The van der Waals surface area contributed by atoms with Gasteiger partial charge in [-0.3, -0.25) is 0 Å². The van der Waals surface area contributed by atoms with Crippen LogP contribution in [0, 0.1) is 6.92 Å². The van der Waals surface area contributed by atoms with E-state index in [4.69, 9.17) is 21.1 Å². The molecule has 15 heavy (non-hydrogen) atoms. The van der Waals surface area contributed by atoms with Crippen LogP contribution < -0.4 is 9.72 Å². The highest BCUT2D eigenvalue weighted by atomic mass is 35.5. The van der Waals surface area contributed by atoms with Crippen LogP contribution in [-0.4, -0.2) is 5.79 Å². The minimum absolute atomic E-state index is 0.465. The fraction of sp³-hybridized carbons (Fsp3) is 0.545. The van der Waals surface area contributed by atoms with Crippen molar-refractivity contribution >= 4 is 11.6 Å². The molecule has 3 nitrogen and oxygen atoms in total. The Balaban J connectivity index is 2.50. The minimum Gasteiger partial charge on any atom is -0.456 e. The lowest BCUT2D eigenvalue weighted by Crippen LogP contribution is -2.37. The normalized spacial score (nSPS) is 18.1. The Bertz CT molecular complexity index is 390. The van der Waals surface area contributed by atoms with E-state index in [0.717, 1.165) is 22.6 Å². The Hall–Kier alpha value is -0.800. The van der Waals surface area contributed by atoms with Gasteiger partial charge in [-0.15, -0.1) is 11.6 Å². The van der Waals surface area contributed by atoms with Crippen LogP contribution in [0.15, 0.2) is 6.20 Å². The largest absolute Gasteiger partial charge is 0.456 e. The molecule has 1 aliphatic heterocycles. The molecule has 1 aliphatic rings. The summed E-state index contributed by atoms with van der Waals surface area (Å²) >= 11 is 5.86. The van der Waals surface area contributed by atoms with Crippen molar-refractivity contribution in [1.82, 2.24) is 0 Å². The molecule has 0 aliphatic carbocycles. The molecule has 0 radical (unpaired) electrons. The fourth-order valence-electron chi connectivity index (χ4n) is 1.66. The number of halogens is 1. The molecule has 1 N–H and O–H groups in total. The maximum Gasteiger partial charge on any atom is 0.219 e. The molecular formula is C11H15ClNO2+. The average molecular weight is 229 g/mol. The Morgan fingerprint density at radius 2 is 2.27 bits per heavy atom. The first-order chi connectivity index (χ1) is 7.03. The smallest absolute Gasteiger partial charge is 0.219 e. The lowest BCUT2D eigenvalue weighted by Gasteiger charge is -2.32. The third-order valence-corrected chi connectivity index (χ3v) is 2.81. The predicted molar refractivity (Wildman–Crippen MR) is 56.8 cm³/mol. The van der Waals surface area contributed by atoms with Crippen molar-refractivity contribution in [1.29, 1.82) is 0 Å². The van der Waals surface area contributed by atoms with Gasteiger partial charge in [-0.25, -0.2) is 4.98 Å². The number of alkyl halides is 1. The first-order valence-corrected chi connectivity index (χ1v) is 5.49. The van der Waals surface area contributed by atoms with Crippen LogP contribution in [0.25, 0.3) is 0 Å². The summed E-state index contributed by atoms with van der Waals surface area (Å²) < 4.78 is 11.4. The van der Waals surface area contributed by atoms with Gasteiger partial charge in [-0.2, -0.15) is 0 Å². The number of hydrogen-bond donors (Lipinski definition) is 0. The lowest BCUT2D eigenvalue weighted by molar-refractivity contribution is -0.391. The standard InChI is InChI=1S/C11H14ClNO2/c1-7-10-9(8(4-12)5-13-7)6-14-11(2,3)15-10/h5H,4,6H2,1-3H3/p+1. The van der Waals surface area contributed by atoms with E-state index in [1.807, 2.05) is 27.0 Å². The van der Waals surface area contributed by atoms with Crippen LogP contribution >= 0.6 is 11.6 Å². The molecule has 0 fully saturated rings. The van der Waals surface area contributed by atoms with Crippen molar-refractivity contribution in [2.45, 2.75) is 39.0 Å². The zero-order valence-corrected chi connectivity index (χ0v) is 9.94. The number of pyridine rings is 1. The quantitative estimate of drug-likeness (QED) is 0.691. The van der Waals surface area contributed by atoms with Crippen molar-refractivity contribution in [3.05, 3.63) is 23.0 Å². The number of aromatic nitrogens is 1. The van der Waals surface area contributed by atoms with E-state index < -0.39 is 5.79 Å². The molecule has 0 saturated heterocycles. The van der Waals surface area contributed by atoms with E-state index >= 15 is 0 Å². The zero-order chi connectivity index (χ0) is 11.1. The predicted octanol–water partition coefficient (Wildman–Crippen LogP) is 2.19. The topological polar surface area (TPSA) is 32.6 Å². The average Bonchev–Trinajstić information content (AvgIpc) is 2.18. The number of fused-ring (bicyclic) bond motifs is 1. The molecule has 2 rings (SSSR count). The van der Waals surface area contributed by atoms with Gasteiger partial charge >= 0.3 is 0 Å². The van der Waals surface area contributed by atoms with E-state index in [0.29, 0.717) is 12.5 Å². The second-order valence-corrected chi connectivity index (χ2v) is 4.44. The van der Waals surface area contributed by atoms with Crippen LogP contribution in [0.2, 0.25) is 0 Å². The van der Waals surface area contributed by atoms with Gasteiger partial charge in [-0.1, -0.05) is 0 Å². The summed E-state index contributed by atoms with van der Waals surface area (Å²) in [6.07, 6.45) is 1.91. The molecule has 2 heterocycles. The number of hydrogen-bond acceptors (Lipinski definition) is 2. The summed E-state index contributed by atoms with van der Waals surface area (Å²) in [5, 5.41) is 0. The summed E-state index contributed by atoms with van der Waals surface area (Å²) in [6.45, 7) is 6.35. The summed E-state index contributed by atoms with van der Waals surface area (Å²) in [5.41, 5.74) is 3.10. The molecule has 0 aromatic carbocycles. The van der Waals surface area contributed by atoms with Crippen molar-refractivity contribution in [2.75, 3.05) is 0 Å². The molecule has 0 saturated carbocycles. The lowest BCUT2D eigenvalue weighted by atomic mass is 10.1. The Morgan fingerprint density at radius 1 is 1.53 bits per heavy atom. The van der Waals surface area contributed by atoms with Crippen molar-refractivity contribution in [2.24, 2.45) is 0 Å². The molecule has 0 bridgehead atoms. The maximum atomic E-state index is 5.86. The third-order valence-electron chi connectivity index (χ3n) is 2.52. The van der Waals surface area contributed by atoms with Crippen LogP contribution in [-0.2, 0) is 17.2 Å². The molecule has 0 amide bonds. The fourth-order valence-corrected chi connectivity index (χ4v) is 1.90. The van der Waals surface area contributed by atoms with Crippen molar-refractivity contribution < 1.29 is 14.5 Å². The highest BCUT2D eigenvalue weighted by Gasteiger charge is 2.32. The highest BCUT2D eigenvalue weighted by Crippen LogP contribution is 2.34. The Kier molecular flexibility index (Phi) is 2.61. The second kappa shape index (κ2) is 3.65. The number of ether oxygens (including phenoxy) is 2. The van der Waals surface area contributed by atoms with E-state index in [1.54, 1.807) is 0 Å². The van der Waals surface area contributed by atoms with Gasteiger partial charge in [0.05, 0.1) is 12.5 Å². The summed E-state index contributed by atoms with van der Waals surface area (Å²) in [5.74, 6) is 0.785. The first-order valence-electron chi connectivity index (χ1n) is 4.95. The Morgan fingerprint density at radius 3 is 2.93 bits per heavy atom. The molecule has 1 aromatic rings. The van der Waals surface area contributed by atoms with Gasteiger partial charge in [-0.05, 0) is 0 Å². The van der Waals surface area contributed by atoms with Gasteiger partial charge in [0.15, 0.2) is 11.9 Å². The van der Waals surface area contributed by atoms with Gasteiger partial charge in [0.2, 0.25) is 11.5 Å². The van der Waals surface area contributed by atoms with E-state index in [2.05, 4.69) is 4.98 Å². The van der Waals surface area contributed by atoms with Crippen LogP contribution in [0.1, 0.15) is 30.7 Å². The van der Waals surface area contributed by atoms with E-state index in [9.17, 15) is 0 Å². The van der Waals surface area contributed by atoms with Gasteiger partial charge in [0, 0.05) is 31.9 Å². The molecule has 1 aromatic heterocycles. The number of H-pyrrole nitrogens is 1. The van der Waals surface area contributed by atoms with Crippen LogP contribution in [0.3, 0.4) is 0 Å². The van der Waals surface area contributed by atoms with Gasteiger partial charge in [0.25, 0.3) is 0 Å². The minimum atomic E-state index is -0.559. The molecule has 82 valence electrons. The van der Waals surface area contributed by atoms with Crippen LogP contribution in [0.5, 0.6) is 5.75 Å². The Labute approximate surface area is 94.4 Å². The van der Waals surface area contributed by atoms with Gasteiger partial charge < -0.3 is 9.47 Å². The molecule has 4 heteroatoms. The highest BCUT2D eigenvalue weighted by molar-refractivity contribution is 6.17. The maximum absolute atomic E-state index is 5.86. The van der Waals surface area contributed by atoms with E-state index in [-0.39, 0.29) is 0 Å². The van der Waals surface area contributed by atoms with E-state index in [1.165, 1.54) is 0 Å². The first kappa shape index (κ1) is 10.7. The molecular weight excluding hydrogens is 214 g/mol. The van der Waals surface area contributed by atoms with Crippen molar-refractivity contribution in [3.8, 4) is 5.75 Å². The monoisotopic (exact) mass is 228 g/mol. The summed E-state index contributed by atoms with van der Waals surface area (Å²) in [6, 6.07) is 0. The summed E-state index contributed by atoms with van der Waals surface area (Å²) in [4.78, 5) is 3.15. The second-order valence-electron chi connectivity index (χ2n) is 4.17. The third kappa shape index (κ3) is 1.94. The molecule has 0 atom stereocenters. The number of aromatic amines is 1. The number of aryl methyl sites for hydroxylation is 1. The molecule has 0 spiro atoms. The molecule has 0 unspecified atom stereocenters. The van der Waals surface area contributed by atoms with Crippen LogP contribution in [0.4, 0.5) is 0 Å². The van der Waals surface area contributed by atoms with Gasteiger partial charge in [0.1, 0.15) is 0 Å². The number of rotatable bonds is 1.